The van der Waals surface area contributed by atoms with E-state index in [1.54, 1.807) is 10.9 Å². The maximum Gasteiger partial charge on any atom is 0.273 e. The number of nitrogens with zero attached hydrogens (tertiary/aromatic N) is 5. The van der Waals surface area contributed by atoms with Crippen LogP contribution in [-0.4, -0.2) is 69.8 Å². The lowest BCUT2D eigenvalue weighted by molar-refractivity contribution is 0.0359. The fourth-order valence-electron chi connectivity index (χ4n) is 3.46. The largest absolute Gasteiger partial charge is 0.379 e. The maximum atomic E-state index is 12.3. The molecule has 1 aliphatic heterocycles. The van der Waals surface area contributed by atoms with E-state index in [4.69, 9.17) is 4.74 Å². The van der Waals surface area contributed by atoms with Gasteiger partial charge in [-0.3, -0.25) is 14.4 Å². The van der Waals surface area contributed by atoms with E-state index in [9.17, 15) is 4.79 Å². The highest BCUT2D eigenvalue weighted by molar-refractivity contribution is 5.91. The summed E-state index contributed by atoms with van der Waals surface area (Å²) in [6, 6.07) is 10.4. The predicted molar refractivity (Wildman–Crippen MR) is 106 cm³/mol. The summed E-state index contributed by atoms with van der Waals surface area (Å²) in [5.41, 5.74) is 1.59. The number of aromatic nitrogens is 4. The number of hydrogen-bond acceptors (Lipinski definition) is 5. The molecule has 148 valence electrons. The number of amides is 1. The molecule has 8 nitrogen and oxygen atoms in total. The smallest absolute Gasteiger partial charge is 0.273 e. The Morgan fingerprint density at radius 3 is 2.86 bits per heavy atom. The van der Waals surface area contributed by atoms with Crippen LogP contribution in [0.2, 0.25) is 0 Å². The van der Waals surface area contributed by atoms with E-state index in [1.807, 2.05) is 12.1 Å². The number of aryl methyl sites for hydroxylation is 1. The lowest BCUT2D eigenvalue weighted by atomic mass is 10.2. The van der Waals surface area contributed by atoms with E-state index in [0.717, 1.165) is 52.4 Å². The Kier molecular flexibility index (Phi) is 5.98. The van der Waals surface area contributed by atoms with Crippen LogP contribution in [0.5, 0.6) is 0 Å². The van der Waals surface area contributed by atoms with E-state index < -0.39 is 0 Å². The monoisotopic (exact) mass is 382 g/mol. The molecule has 1 saturated heterocycles. The summed E-state index contributed by atoms with van der Waals surface area (Å²) in [5, 5.41) is 12.2. The van der Waals surface area contributed by atoms with Crippen molar-refractivity contribution >= 4 is 16.8 Å². The molecule has 0 radical (unpaired) electrons. The Morgan fingerprint density at radius 2 is 1.96 bits per heavy atom. The predicted octanol–water partition coefficient (Wildman–Crippen LogP) is 1.39. The summed E-state index contributed by atoms with van der Waals surface area (Å²) in [7, 11) is 0. The first kappa shape index (κ1) is 18.6. The molecule has 28 heavy (non-hydrogen) atoms. The van der Waals surface area contributed by atoms with Crippen molar-refractivity contribution in [2.45, 2.75) is 19.5 Å². The number of benzene rings is 1. The molecule has 3 heterocycles. The fourth-order valence-corrected chi connectivity index (χ4v) is 3.46. The van der Waals surface area contributed by atoms with Crippen LogP contribution in [-0.2, 0) is 17.8 Å². The van der Waals surface area contributed by atoms with Crippen molar-refractivity contribution < 1.29 is 9.53 Å². The summed E-state index contributed by atoms with van der Waals surface area (Å²) in [4.78, 5) is 14.6. The first-order valence-corrected chi connectivity index (χ1v) is 9.82. The molecule has 0 bridgehead atoms. The number of fused-ring (bicyclic) bond motifs is 1. The number of para-hydroxylation sites is 1. The standard InChI is InChI=1S/C20H26N6O2/c27-20(18-16-26(23-22-18)11-10-24-12-14-28-15-13-24)21-7-3-8-25-9-6-17-4-1-2-5-19(17)25/h1-2,4-6,9,16H,3,7-8,10-15H2,(H,21,27). The van der Waals surface area contributed by atoms with Crippen LogP contribution in [0.25, 0.3) is 10.9 Å². The molecule has 1 N–H and O–H groups in total. The van der Waals surface area contributed by atoms with Gasteiger partial charge in [0.15, 0.2) is 5.69 Å². The molecule has 1 aromatic carbocycles. The maximum absolute atomic E-state index is 12.3. The number of carbonyl (C=O) groups is 1. The molecule has 1 amide bonds. The van der Waals surface area contributed by atoms with Crippen molar-refractivity contribution in [2.75, 3.05) is 39.4 Å². The van der Waals surface area contributed by atoms with Crippen LogP contribution in [0.4, 0.5) is 0 Å². The van der Waals surface area contributed by atoms with Crippen molar-refractivity contribution in [3.05, 3.63) is 48.4 Å². The van der Waals surface area contributed by atoms with Crippen molar-refractivity contribution in [2.24, 2.45) is 0 Å². The third-order valence-electron chi connectivity index (χ3n) is 5.06. The molecular formula is C20H26N6O2. The van der Waals surface area contributed by atoms with Crippen molar-refractivity contribution in [3.8, 4) is 0 Å². The van der Waals surface area contributed by atoms with Gasteiger partial charge in [0.2, 0.25) is 0 Å². The topological polar surface area (TPSA) is 77.2 Å². The highest BCUT2D eigenvalue weighted by Crippen LogP contribution is 2.15. The van der Waals surface area contributed by atoms with Gasteiger partial charge in [-0.1, -0.05) is 23.4 Å². The minimum absolute atomic E-state index is 0.171. The Morgan fingerprint density at radius 1 is 1.11 bits per heavy atom. The van der Waals surface area contributed by atoms with Crippen LogP contribution in [0.1, 0.15) is 16.9 Å². The van der Waals surface area contributed by atoms with E-state index >= 15 is 0 Å². The van der Waals surface area contributed by atoms with Crippen LogP contribution in [0.15, 0.2) is 42.7 Å². The second-order valence-electron chi connectivity index (χ2n) is 7.00. The van der Waals surface area contributed by atoms with Gasteiger partial charge in [0.1, 0.15) is 0 Å². The molecular weight excluding hydrogens is 356 g/mol. The molecule has 0 unspecified atom stereocenters. The number of hydrogen-bond donors (Lipinski definition) is 1. The van der Waals surface area contributed by atoms with E-state index in [2.05, 4.69) is 49.5 Å². The number of nitrogens with one attached hydrogen (secondary N) is 1. The zero-order valence-corrected chi connectivity index (χ0v) is 16.0. The minimum atomic E-state index is -0.171. The molecule has 0 atom stereocenters. The van der Waals surface area contributed by atoms with Crippen molar-refractivity contribution in [3.63, 3.8) is 0 Å². The third-order valence-corrected chi connectivity index (χ3v) is 5.06. The average molecular weight is 382 g/mol. The SMILES string of the molecule is O=C(NCCCn1ccc2ccccc21)c1cn(CCN2CCOCC2)nn1. The lowest BCUT2D eigenvalue weighted by Gasteiger charge is -2.26. The summed E-state index contributed by atoms with van der Waals surface area (Å²) >= 11 is 0. The van der Waals surface area contributed by atoms with Gasteiger partial charge in [0.25, 0.3) is 5.91 Å². The molecule has 0 spiro atoms. The van der Waals surface area contributed by atoms with E-state index in [-0.39, 0.29) is 5.91 Å². The molecule has 3 aromatic rings. The first-order chi connectivity index (χ1) is 13.8. The third kappa shape index (κ3) is 4.58. The molecule has 1 aliphatic rings. The molecule has 1 fully saturated rings. The summed E-state index contributed by atoms with van der Waals surface area (Å²) < 4.78 is 9.29. The fraction of sp³-hybridized carbons (Fsp3) is 0.450. The van der Waals surface area contributed by atoms with Gasteiger partial charge in [-0.05, 0) is 23.9 Å². The van der Waals surface area contributed by atoms with Crippen molar-refractivity contribution in [1.82, 2.24) is 29.8 Å². The first-order valence-electron chi connectivity index (χ1n) is 9.82. The number of carbonyl (C=O) groups excluding carboxylic acids is 1. The second-order valence-corrected chi connectivity index (χ2v) is 7.00. The lowest BCUT2D eigenvalue weighted by Crippen LogP contribution is -2.38. The molecule has 8 heteroatoms. The van der Waals surface area contributed by atoms with Gasteiger partial charge >= 0.3 is 0 Å². The van der Waals surface area contributed by atoms with Crippen LogP contribution in [0, 0.1) is 0 Å². The zero-order chi connectivity index (χ0) is 19.2. The quantitative estimate of drug-likeness (QED) is 0.596. The Balaban J connectivity index is 1.20. The molecule has 2 aromatic heterocycles. The number of morpholine rings is 1. The summed E-state index contributed by atoms with van der Waals surface area (Å²) in [5.74, 6) is -0.171. The second kappa shape index (κ2) is 8.99. The van der Waals surface area contributed by atoms with Gasteiger partial charge in [0, 0.05) is 44.4 Å². The highest BCUT2D eigenvalue weighted by atomic mass is 16.5. The van der Waals surface area contributed by atoms with Gasteiger partial charge < -0.3 is 14.6 Å². The van der Waals surface area contributed by atoms with Gasteiger partial charge in [0.05, 0.1) is 26.0 Å². The Hall–Kier alpha value is -2.71. The van der Waals surface area contributed by atoms with Crippen LogP contribution < -0.4 is 5.32 Å². The zero-order valence-electron chi connectivity index (χ0n) is 16.0. The Labute approximate surface area is 164 Å². The Bertz CT molecular complexity index is 912. The highest BCUT2D eigenvalue weighted by Gasteiger charge is 2.13. The van der Waals surface area contributed by atoms with E-state index in [0.29, 0.717) is 12.2 Å². The van der Waals surface area contributed by atoms with Gasteiger partial charge in [-0.25, -0.2) is 0 Å². The normalized spacial score (nSPS) is 15.1. The van der Waals surface area contributed by atoms with Crippen LogP contribution in [0.3, 0.4) is 0 Å². The molecule has 4 rings (SSSR count). The average Bonchev–Trinajstić information content (AvgIpc) is 3.38. The number of ether oxygens (including phenoxy) is 1. The molecule has 0 saturated carbocycles. The number of rotatable bonds is 8. The van der Waals surface area contributed by atoms with Crippen LogP contribution >= 0.6 is 0 Å². The van der Waals surface area contributed by atoms with Gasteiger partial charge in [-0.15, -0.1) is 5.10 Å². The van der Waals surface area contributed by atoms with Crippen molar-refractivity contribution in [1.29, 1.82) is 0 Å². The summed E-state index contributed by atoms with van der Waals surface area (Å²) in [6.07, 6.45) is 4.66. The molecule has 0 aliphatic carbocycles. The summed E-state index contributed by atoms with van der Waals surface area (Å²) in [6.45, 7) is 6.52. The van der Waals surface area contributed by atoms with E-state index in [1.165, 1.54) is 10.9 Å². The minimum Gasteiger partial charge on any atom is -0.379 e. The van der Waals surface area contributed by atoms with Gasteiger partial charge in [-0.2, -0.15) is 0 Å².